The van der Waals surface area contributed by atoms with E-state index in [0.717, 1.165) is 5.56 Å². The number of rotatable bonds is 3. The summed E-state index contributed by atoms with van der Waals surface area (Å²) in [5.74, 6) is -0.941. The van der Waals surface area contributed by atoms with Crippen LogP contribution < -0.4 is 5.32 Å². The summed E-state index contributed by atoms with van der Waals surface area (Å²) in [6.07, 6.45) is 0. The van der Waals surface area contributed by atoms with Crippen molar-refractivity contribution in [2.24, 2.45) is 0 Å². The SMILES string of the molecule is O=C1C2=C(c3ccccc31)N1CCNC1=C([N+](=O)[O-])C2c1cccc([N+](=O)[O-])c1. The maximum Gasteiger partial charge on any atom is 0.298 e. The smallest absolute Gasteiger partial charge is 0.298 e. The molecule has 2 heterocycles. The van der Waals surface area contributed by atoms with E-state index >= 15 is 0 Å². The molecular weight excluding hydrogens is 376 g/mol. The molecular formula is C20H14N4O5. The van der Waals surface area contributed by atoms with Crippen LogP contribution in [0.2, 0.25) is 0 Å². The van der Waals surface area contributed by atoms with Crippen molar-refractivity contribution in [3.63, 3.8) is 0 Å². The average molecular weight is 390 g/mol. The Balaban J connectivity index is 1.81. The summed E-state index contributed by atoms with van der Waals surface area (Å²) in [4.78, 5) is 37.4. The van der Waals surface area contributed by atoms with Crippen LogP contribution in [-0.4, -0.2) is 33.6 Å². The van der Waals surface area contributed by atoms with E-state index in [0.29, 0.717) is 41.3 Å². The minimum atomic E-state index is -1.00. The molecule has 0 saturated carbocycles. The van der Waals surface area contributed by atoms with Gasteiger partial charge in [-0.15, -0.1) is 0 Å². The van der Waals surface area contributed by atoms with Gasteiger partial charge in [0.05, 0.1) is 15.5 Å². The highest BCUT2D eigenvalue weighted by Gasteiger charge is 2.50. The van der Waals surface area contributed by atoms with E-state index in [9.17, 15) is 25.0 Å². The van der Waals surface area contributed by atoms with E-state index in [4.69, 9.17) is 0 Å². The Labute approximate surface area is 164 Å². The Morgan fingerprint density at radius 2 is 1.76 bits per heavy atom. The van der Waals surface area contributed by atoms with Crippen LogP contribution in [0.3, 0.4) is 0 Å². The summed E-state index contributed by atoms with van der Waals surface area (Å²) >= 11 is 0. The lowest BCUT2D eigenvalue weighted by atomic mass is 9.83. The number of fused-ring (bicyclic) bond motifs is 4. The Morgan fingerprint density at radius 3 is 2.48 bits per heavy atom. The summed E-state index contributed by atoms with van der Waals surface area (Å²) in [5.41, 5.74) is 2.17. The largest absolute Gasteiger partial charge is 0.364 e. The predicted octanol–water partition coefficient (Wildman–Crippen LogP) is 2.65. The van der Waals surface area contributed by atoms with Crippen molar-refractivity contribution in [2.75, 3.05) is 13.1 Å². The lowest BCUT2D eigenvalue weighted by Crippen LogP contribution is -2.32. The predicted molar refractivity (Wildman–Crippen MR) is 102 cm³/mol. The number of allylic oxidation sites excluding steroid dienone is 1. The molecule has 0 bridgehead atoms. The third-order valence-electron chi connectivity index (χ3n) is 5.51. The van der Waals surface area contributed by atoms with Crippen LogP contribution in [-0.2, 0) is 0 Å². The molecule has 2 aliphatic heterocycles. The van der Waals surface area contributed by atoms with Crippen molar-refractivity contribution in [1.29, 1.82) is 0 Å². The van der Waals surface area contributed by atoms with Gasteiger partial charge in [0.1, 0.15) is 5.92 Å². The second-order valence-corrected chi connectivity index (χ2v) is 6.99. The molecule has 5 rings (SSSR count). The van der Waals surface area contributed by atoms with Gasteiger partial charge in [0.15, 0.2) is 11.6 Å². The fourth-order valence-corrected chi connectivity index (χ4v) is 4.40. The molecule has 0 amide bonds. The number of Topliss-reactive ketones (excluding diaryl/α,β-unsaturated/α-hetero) is 1. The molecule has 2 aromatic carbocycles. The number of hydrogen-bond acceptors (Lipinski definition) is 7. The lowest BCUT2D eigenvalue weighted by Gasteiger charge is -2.30. The number of benzene rings is 2. The number of carbonyl (C=O) groups excluding carboxylic acids is 1. The van der Waals surface area contributed by atoms with Crippen LogP contribution in [0, 0.1) is 20.2 Å². The van der Waals surface area contributed by atoms with Gasteiger partial charge in [0, 0.05) is 41.9 Å². The first kappa shape index (κ1) is 17.1. The monoisotopic (exact) mass is 390 g/mol. The van der Waals surface area contributed by atoms with E-state index in [2.05, 4.69) is 5.32 Å². The van der Waals surface area contributed by atoms with Gasteiger partial charge in [-0.2, -0.15) is 0 Å². The zero-order valence-corrected chi connectivity index (χ0v) is 15.0. The first-order valence-corrected chi connectivity index (χ1v) is 9.01. The first-order chi connectivity index (χ1) is 14.0. The fourth-order valence-electron chi connectivity index (χ4n) is 4.40. The highest BCUT2D eigenvalue weighted by molar-refractivity contribution is 6.22. The van der Waals surface area contributed by atoms with E-state index in [1.165, 1.54) is 18.2 Å². The van der Waals surface area contributed by atoms with Gasteiger partial charge in [-0.1, -0.05) is 36.4 Å². The van der Waals surface area contributed by atoms with Gasteiger partial charge in [0.2, 0.25) is 0 Å². The number of nitro groups is 2. The van der Waals surface area contributed by atoms with E-state index in [1.54, 1.807) is 23.1 Å². The van der Waals surface area contributed by atoms with Gasteiger partial charge < -0.3 is 10.2 Å². The van der Waals surface area contributed by atoms with Crippen LogP contribution >= 0.6 is 0 Å². The number of nitrogens with one attached hydrogen (secondary N) is 1. The normalized spacial score (nSPS) is 19.7. The number of hydrogen-bond donors (Lipinski definition) is 1. The van der Waals surface area contributed by atoms with Gasteiger partial charge in [0.25, 0.3) is 11.4 Å². The topological polar surface area (TPSA) is 119 Å². The van der Waals surface area contributed by atoms with Gasteiger partial charge in [-0.05, 0) is 5.56 Å². The molecule has 1 saturated heterocycles. The molecule has 2 aromatic rings. The molecule has 0 spiro atoms. The zero-order valence-electron chi connectivity index (χ0n) is 15.0. The number of non-ortho nitro benzene ring substituents is 1. The summed E-state index contributed by atoms with van der Waals surface area (Å²) in [7, 11) is 0. The molecule has 0 aromatic heterocycles. The quantitative estimate of drug-likeness (QED) is 0.632. The lowest BCUT2D eigenvalue weighted by molar-refractivity contribution is -0.431. The molecule has 1 N–H and O–H groups in total. The van der Waals surface area contributed by atoms with Crippen molar-refractivity contribution >= 4 is 17.2 Å². The van der Waals surface area contributed by atoms with Gasteiger partial charge >= 0.3 is 0 Å². The zero-order chi connectivity index (χ0) is 20.3. The fraction of sp³-hybridized carbons (Fsp3) is 0.150. The molecule has 0 radical (unpaired) electrons. The van der Waals surface area contributed by atoms with Crippen LogP contribution in [0.25, 0.3) is 5.70 Å². The number of carbonyl (C=O) groups is 1. The Kier molecular flexibility index (Phi) is 3.54. The highest BCUT2D eigenvalue weighted by Crippen LogP contribution is 2.50. The van der Waals surface area contributed by atoms with Crippen LogP contribution in [0.4, 0.5) is 5.69 Å². The molecule has 1 unspecified atom stereocenters. The van der Waals surface area contributed by atoms with Crippen LogP contribution in [0.15, 0.2) is 65.6 Å². The van der Waals surface area contributed by atoms with Crippen molar-refractivity contribution in [3.8, 4) is 0 Å². The van der Waals surface area contributed by atoms with Crippen LogP contribution in [0.1, 0.15) is 27.4 Å². The van der Waals surface area contributed by atoms with Gasteiger partial charge in [-0.3, -0.25) is 25.0 Å². The molecule has 29 heavy (non-hydrogen) atoms. The number of ketones is 1. The van der Waals surface area contributed by atoms with Gasteiger partial charge in [-0.25, -0.2) is 0 Å². The Hall–Kier alpha value is -4.01. The number of nitrogens with zero attached hydrogens (tertiary/aromatic N) is 3. The van der Waals surface area contributed by atoms with Crippen molar-refractivity contribution in [1.82, 2.24) is 10.2 Å². The average Bonchev–Trinajstić information content (AvgIpc) is 3.30. The van der Waals surface area contributed by atoms with Crippen molar-refractivity contribution < 1.29 is 14.6 Å². The molecule has 9 heteroatoms. The van der Waals surface area contributed by atoms with Crippen molar-refractivity contribution in [2.45, 2.75) is 5.92 Å². The second-order valence-electron chi connectivity index (χ2n) is 6.99. The third kappa shape index (κ3) is 2.30. The third-order valence-corrected chi connectivity index (χ3v) is 5.51. The Morgan fingerprint density at radius 1 is 1.00 bits per heavy atom. The summed E-state index contributed by atoms with van der Waals surface area (Å²) in [6, 6.07) is 12.8. The molecule has 3 aliphatic rings. The minimum absolute atomic E-state index is 0.164. The summed E-state index contributed by atoms with van der Waals surface area (Å²) in [6.45, 7) is 0.996. The molecule has 9 nitrogen and oxygen atoms in total. The maximum absolute atomic E-state index is 13.3. The molecule has 1 fully saturated rings. The van der Waals surface area contributed by atoms with E-state index < -0.39 is 15.8 Å². The minimum Gasteiger partial charge on any atom is -0.364 e. The maximum atomic E-state index is 13.3. The van der Waals surface area contributed by atoms with Crippen LogP contribution in [0.5, 0.6) is 0 Å². The number of nitro benzene ring substituents is 1. The molecule has 1 aliphatic carbocycles. The van der Waals surface area contributed by atoms with E-state index in [1.807, 2.05) is 12.1 Å². The second kappa shape index (κ2) is 5.99. The highest BCUT2D eigenvalue weighted by atomic mass is 16.6. The molecule has 144 valence electrons. The summed E-state index contributed by atoms with van der Waals surface area (Å²) in [5, 5.41) is 26.4. The van der Waals surface area contributed by atoms with E-state index in [-0.39, 0.29) is 17.2 Å². The summed E-state index contributed by atoms with van der Waals surface area (Å²) < 4.78 is 0. The van der Waals surface area contributed by atoms with Crippen molar-refractivity contribution in [3.05, 3.63) is 103 Å². The standard InChI is InChI=1S/C20H14N4O5/c25-19-14-7-2-1-6-13(14)17-16(19)15(11-4-3-5-12(10-11)23(26)27)18(24(28)29)20-21-8-9-22(17)20/h1-7,10,15,21H,8-9H2. The first-order valence-electron chi connectivity index (χ1n) is 9.01. The molecule has 1 atom stereocenters. The Bertz CT molecular complexity index is 1180.